The van der Waals surface area contributed by atoms with E-state index in [9.17, 15) is 15.0 Å². The number of aliphatic hydroxyl groups is 2. The minimum atomic E-state index is -0.849. The number of hydrogen-bond acceptors (Lipinski definition) is 4. The molecule has 0 heterocycles. The quantitative estimate of drug-likeness (QED) is 0.731. The molecule has 0 aromatic rings. The van der Waals surface area contributed by atoms with E-state index < -0.39 is 17.3 Å². The SMILES string of the molecule is CC(C)(C)OC(=O)NC1CC(C(C)(C)O)[C@@H](CO)C1. The number of aliphatic hydroxyl groups excluding tert-OH is 1. The smallest absolute Gasteiger partial charge is 0.407 e. The maximum Gasteiger partial charge on any atom is 0.407 e. The van der Waals surface area contributed by atoms with Gasteiger partial charge in [-0.25, -0.2) is 4.79 Å². The summed E-state index contributed by atoms with van der Waals surface area (Å²) in [5.41, 5.74) is -1.37. The molecular formula is C14H27NO4. The Morgan fingerprint density at radius 2 is 1.84 bits per heavy atom. The predicted octanol–water partition coefficient (Wildman–Crippen LogP) is 1.67. The van der Waals surface area contributed by atoms with Gasteiger partial charge < -0.3 is 20.3 Å². The molecule has 112 valence electrons. The summed E-state index contributed by atoms with van der Waals surface area (Å²) in [7, 11) is 0. The van der Waals surface area contributed by atoms with Gasteiger partial charge in [0.05, 0.1) is 5.60 Å². The van der Waals surface area contributed by atoms with Gasteiger partial charge in [-0.1, -0.05) is 0 Å². The second kappa shape index (κ2) is 5.67. The third-order valence-electron chi connectivity index (χ3n) is 3.56. The first-order chi connectivity index (χ1) is 8.53. The number of amides is 1. The molecule has 1 aliphatic carbocycles. The highest BCUT2D eigenvalue weighted by Gasteiger charge is 2.42. The molecule has 1 fully saturated rings. The molecule has 0 aromatic carbocycles. The number of ether oxygens (including phenoxy) is 1. The van der Waals surface area contributed by atoms with Crippen molar-refractivity contribution in [1.29, 1.82) is 0 Å². The van der Waals surface area contributed by atoms with Gasteiger partial charge in [0, 0.05) is 12.6 Å². The van der Waals surface area contributed by atoms with E-state index in [1.807, 2.05) is 20.8 Å². The summed E-state index contributed by atoms with van der Waals surface area (Å²) in [6.07, 6.45) is 0.892. The van der Waals surface area contributed by atoms with Gasteiger partial charge in [-0.15, -0.1) is 0 Å². The van der Waals surface area contributed by atoms with Crippen molar-refractivity contribution in [2.75, 3.05) is 6.61 Å². The van der Waals surface area contributed by atoms with Crippen molar-refractivity contribution in [2.45, 2.75) is 64.7 Å². The lowest BCUT2D eigenvalue weighted by Crippen LogP contribution is -2.39. The van der Waals surface area contributed by atoms with Gasteiger partial charge in [-0.05, 0) is 59.3 Å². The predicted molar refractivity (Wildman–Crippen MR) is 72.8 cm³/mol. The molecule has 5 nitrogen and oxygen atoms in total. The Morgan fingerprint density at radius 1 is 1.26 bits per heavy atom. The van der Waals surface area contributed by atoms with Crippen LogP contribution in [-0.4, -0.2) is 40.2 Å². The van der Waals surface area contributed by atoms with Crippen LogP contribution in [0, 0.1) is 11.8 Å². The van der Waals surface area contributed by atoms with Crippen LogP contribution in [0.25, 0.3) is 0 Å². The zero-order valence-corrected chi connectivity index (χ0v) is 12.6. The summed E-state index contributed by atoms with van der Waals surface area (Å²) in [6, 6.07) is -0.0524. The molecule has 2 unspecified atom stereocenters. The molecule has 1 aliphatic rings. The average Bonchev–Trinajstić information content (AvgIpc) is 2.57. The molecule has 3 N–H and O–H groups in total. The van der Waals surface area contributed by atoms with Crippen LogP contribution in [0.15, 0.2) is 0 Å². The molecule has 3 atom stereocenters. The van der Waals surface area contributed by atoms with E-state index in [4.69, 9.17) is 4.74 Å². The monoisotopic (exact) mass is 273 g/mol. The van der Waals surface area contributed by atoms with Crippen LogP contribution in [0.4, 0.5) is 4.79 Å². The number of hydrogen-bond donors (Lipinski definition) is 3. The molecular weight excluding hydrogens is 246 g/mol. The third kappa shape index (κ3) is 4.99. The number of rotatable bonds is 3. The van der Waals surface area contributed by atoms with Gasteiger partial charge in [0.25, 0.3) is 0 Å². The molecule has 1 amide bonds. The Labute approximate surface area is 115 Å². The van der Waals surface area contributed by atoms with Crippen molar-refractivity contribution in [2.24, 2.45) is 11.8 Å². The Bertz CT molecular complexity index is 316. The molecule has 0 aliphatic heterocycles. The third-order valence-corrected chi connectivity index (χ3v) is 3.56. The van der Waals surface area contributed by atoms with Crippen LogP contribution in [0.3, 0.4) is 0 Å². The zero-order valence-electron chi connectivity index (χ0n) is 12.6. The van der Waals surface area contributed by atoms with E-state index >= 15 is 0 Å². The highest BCUT2D eigenvalue weighted by molar-refractivity contribution is 5.68. The fraction of sp³-hybridized carbons (Fsp3) is 0.929. The van der Waals surface area contributed by atoms with E-state index in [0.717, 1.165) is 0 Å². The van der Waals surface area contributed by atoms with Gasteiger partial charge in [0.15, 0.2) is 0 Å². The molecule has 19 heavy (non-hydrogen) atoms. The summed E-state index contributed by atoms with van der Waals surface area (Å²) >= 11 is 0. The first-order valence-electron chi connectivity index (χ1n) is 6.85. The molecule has 0 spiro atoms. The summed E-state index contributed by atoms with van der Waals surface area (Å²) in [4.78, 5) is 11.7. The Kier molecular flexibility index (Phi) is 4.85. The minimum Gasteiger partial charge on any atom is -0.444 e. The van der Waals surface area contributed by atoms with Crippen molar-refractivity contribution >= 4 is 6.09 Å². The summed E-state index contributed by atoms with van der Waals surface area (Å²) in [6.45, 7) is 8.97. The van der Waals surface area contributed by atoms with E-state index in [2.05, 4.69) is 5.32 Å². The minimum absolute atomic E-state index is 0.0138. The lowest BCUT2D eigenvalue weighted by molar-refractivity contribution is -0.0115. The van der Waals surface area contributed by atoms with Crippen LogP contribution in [0.2, 0.25) is 0 Å². The van der Waals surface area contributed by atoms with Gasteiger partial charge in [0.2, 0.25) is 0 Å². The fourth-order valence-electron chi connectivity index (χ4n) is 2.78. The maximum absolute atomic E-state index is 11.7. The van der Waals surface area contributed by atoms with Crippen LogP contribution < -0.4 is 5.32 Å². The molecule has 0 aromatic heterocycles. The second-order valence-corrected chi connectivity index (χ2v) is 7.02. The van der Waals surface area contributed by atoms with E-state index in [-0.39, 0.29) is 24.5 Å². The molecule has 5 heteroatoms. The zero-order chi connectivity index (χ0) is 14.8. The van der Waals surface area contributed by atoms with Gasteiger partial charge in [-0.2, -0.15) is 0 Å². The van der Waals surface area contributed by atoms with E-state index in [1.165, 1.54) is 0 Å². The Balaban J connectivity index is 2.57. The standard InChI is InChI=1S/C14H27NO4/c1-13(2,3)19-12(17)15-10-6-9(8-16)11(7-10)14(4,5)18/h9-11,16,18H,6-8H2,1-5H3,(H,15,17)/t9-,10?,11?/m1/s1. The number of nitrogens with one attached hydrogen (secondary N) is 1. The molecule has 1 rings (SSSR count). The van der Waals surface area contributed by atoms with Crippen molar-refractivity contribution in [1.82, 2.24) is 5.32 Å². The topological polar surface area (TPSA) is 78.8 Å². The number of carbonyl (C=O) groups is 1. The summed E-state index contributed by atoms with van der Waals surface area (Å²) < 4.78 is 5.21. The van der Waals surface area contributed by atoms with Crippen molar-refractivity contribution in [3.63, 3.8) is 0 Å². The van der Waals surface area contributed by atoms with Gasteiger partial charge >= 0.3 is 6.09 Å². The fourth-order valence-corrected chi connectivity index (χ4v) is 2.78. The lowest BCUT2D eigenvalue weighted by Gasteiger charge is -2.29. The first kappa shape index (κ1) is 16.2. The summed E-state index contributed by atoms with van der Waals surface area (Å²) in [5, 5.41) is 22.3. The largest absolute Gasteiger partial charge is 0.444 e. The Morgan fingerprint density at radius 3 is 2.21 bits per heavy atom. The molecule has 1 saturated carbocycles. The average molecular weight is 273 g/mol. The second-order valence-electron chi connectivity index (χ2n) is 7.02. The van der Waals surface area contributed by atoms with Crippen LogP contribution in [0.5, 0.6) is 0 Å². The van der Waals surface area contributed by atoms with Crippen LogP contribution >= 0.6 is 0 Å². The van der Waals surface area contributed by atoms with Crippen molar-refractivity contribution in [3.05, 3.63) is 0 Å². The van der Waals surface area contributed by atoms with Gasteiger partial charge in [0.1, 0.15) is 5.60 Å². The molecule has 0 saturated heterocycles. The van der Waals surface area contributed by atoms with Gasteiger partial charge in [-0.3, -0.25) is 0 Å². The maximum atomic E-state index is 11.7. The summed E-state index contributed by atoms with van der Waals surface area (Å²) in [5.74, 6) is -0.00243. The van der Waals surface area contributed by atoms with Crippen LogP contribution in [-0.2, 0) is 4.74 Å². The van der Waals surface area contributed by atoms with Crippen molar-refractivity contribution < 1.29 is 19.7 Å². The van der Waals surface area contributed by atoms with E-state index in [1.54, 1.807) is 13.8 Å². The van der Waals surface area contributed by atoms with Crippen molar-refractivity contribution in [3.8, 4) is 0 Å². The highest BCUT2D eigenvalue weighted by atomic mass is 16.6. The first-order valence-corrected chi connectivity index (χ1v) is 6.85. The number of carbonyl (C=O) groups excluding carboxylic acids is 1. The normalized spacial score (nSPS) is 28.3. The van der Waals surface area contributed by atoms with Crippen LogP contribution in [0.1, 0.15) is 47.5 Å². The molecule has 0 radical (unpaired) electrons. The molecule has 0 bridgehead atoms. The Hall–Kier alpha value is -0.810. The number of alkyl carbamates (subject to hydrolysis) is 1. The lowest BCUT2D eigenvalue weighted by atomic mass is 9.83. The van der Waals surface area contributed by atoms with E-state index in [0.29, 0.717) is 12.8 Å². The highest BCUT2D eigenvalue weighted by Crippen LogP contribution is 2.38.